The standard InChI is InChI=1S/C16H20N6O6/c1-26-10-7-12(28-3)11(27-2)6-9(10)8-18-20-13(23)4-5-17-14-15(24)19-16(25)22-21-14/h6-8H,4-5H2,1-3H3,(H,17,21)(H,20,23)(H2,19,22,24,25)/b18-8+. The molecule has 1 aromatic carbocycles. The quantitative estimate of drug-likeness (QED) is 0.326. The molecular weight excluding hydrogens is 372 g/mol. The molecule has 0 bridgehead atoms. The van der Waals surface area contributed by atoms with Gasteiger partial charge in [-0.2, -0.15) is 5.10 Å². The number of nitrogens with zero attached hydrogens (tertiary/aromatic N) is 2. The Morgan fingerprint density at radius 3 is 2.46 bits per heavy atom. The Morgan fingerprint density at radius 1 is 1.14 bits per heavy atom. The Labute approximate surface area is 158 Å². The molecule has 4 N–H and O–H groups in total. The number of hydrogen-bond donors (Lipinski definition) is 4. The van der Waals surface area contributed by atoms with Gasteiger partial charge in [0.1, 0.15) is 5.75 Å². The number of aromatic amines is 2. The van der Waals surface area contributed by atoms with Crippen LogP contribution in [0.4, 0.5) is 5.82 Å². The van der Waals surface area contributed by atoms with Crippen LogP contribution in [0.15, 0.2) is 26.8 Å². The molecule has 2 rings (SSSR count). The predicted molar refractivity (Wildman–Crippen MR) is 100 cm³/mol. The van der Waals surface area contributed by atoms with E-state index in [1.54, 1.807) is 12.1 Å². The van der Waals surface area contributed by atoms with Gasteiger partial charge in [-0.05, 0) is 6.07 Å². The zero-order chi connectivity index (χ0) is 20.5. The van der Waals surface area contributed by atoms with Gasteiger partial charge in [-0.3, -0.25) is 14.6 Å². The minimum atomic E-state index is -0.715. The normalized spacial score (nSPS) is 10.5. The third kappa shape index (κ3) is 5.33. The molecule has 1 amide bonds. The summed E-state index contributed by atoms with van der Waals surface area (Å²) in [6.07, 6.45) is 1.42. The average Bonchev–Trinajstić information content (AvgIpc) is 2.69. The number of benzene rings is 1. The van der Waals surface area contributed by atoms with Crippen molar-refractivity contribution >= 4 is 17.9 Å². The Hall–Kier alpha value is -3.83. The average molecular weight is 392 g/mol. The molecule has 1 heterocycles. The van der Waals surface area contributed by atoms with Crippen molar-refractivity contribution in [2.75, 3.05) is 33.2 Å². The van der Waals surface area contributed by atoms with Gasteiger partial charge in [-0.15, -0.1) is 5.10 Å². The van der Waals surface area contributed by atoms with Crippen LogP contribution in [-0.2, 0) is 4.79 Å². The summed E-state index contributed by atoms with van der Waals surface area (Å²) < 4.78 is 15.7. The molecule has 0 aliphatic heterocycles. The number of methoxy groups -OCH3 is 3. The molecule has 0 radical (unpaired) electrons. The first-order valence-corrected chi connectivity index (χ1v) is 8.03. The summed E-state index contributed by atoms with van der Waals surface area (Å²) in [6, 6.07) is 3.30. The number of aromatic nitrogens is 3. The highest BCUT2D eigenvalue weighted by atomic mass is 16.5. The number of anilines is 1. The van der Waals surface area contributed by atoms with Gasteiger partial charge in [0.25, 0.3) is 5.56 Å². The summed E-state index contributed by atoms with van der Waals surface area (Å²) in [4.78, 5) is 36.2. The van der Waals surface area contributed by atoms with Crippen LogP contribution in [0.25, 0.3) is 0 Å². The second kappa shape index (κ2) is 9.75. The first-order valence-electron chi connectivity index (χ1n) is 8.03. The zero-order valence-corrected chi connectivity index (χ0v) is 15.5. The zero-order valence-electron chi connectivity index (χ0n) is 15.5. The molecule has 0 atom stereocenters. The number of ether oxygens (including phenoxy) is 3. The molecule has 2 aromatic rings. The second-order valence-corrected chi connectivity index (χ2v) is 5.27. The van der Waals surface area contributed by atoms with Crippen molar-refractivity contribution < 1.29 is 19.0 Å². The van der Waals surface area contributed by atoms with Crippen LogP contribution < -0.4 is 36.2 Å². The highest BCUT2D eigenvalue weighted by molar-refractivity contribution is 5.86. The molecule has 12 nitrogen and oxygen atoms in total. The summed E-state index contributed by atoms with van der Waals surface area (Å²) in [5, 5.41) is 12.1. The number of rotatable bonds is 9. The monoisotopic (exact) mass is 392 g/mol. The lowest BCUT2D eigenvalue weighted by Crippen LogP contribution is -2.28. The van der Waals surface area contributed by atoms with E-state index in [-0.39, 0.29) is 18.8 Å². The summed E-state index contributed by atoms with van der Waals surface area (Å²) in [5.74, 6) is 0.979. The maximum atomic E-state index is 11.8. The summed E-state index contributed by atoms with van der Waals surface area (Å²) in [5.41, 5.74) is 1.54. The lowest BCUT2D eigenvalue weighted by atomic mass is 10.2. The van der Waals surface area contributed by atoms with Gasteiger partial charge < -0.3 is 19.5 Å². The maximum Gasteiger partial charge on any atom is 0.342 e. The van der Waals surface area contributed by atoms with Crippen LogP contribution >= 0.6 is 0 Å². The van der Waals surface area contributed by atoms with E-state index in [4.69, 9.17) is 14.2 Å². The fraction of sp³-hybridized carbons (Fsp3) is 0.312. The second-order valence-electron chi connectivity index (χ2n) is 5.27. The van der Waals surface area contributed by atoms with Gasteiger partial charge in [0.05, 0.1) is 27.5 Å². The van der Waals surface area contributed by atoms with Gasteiger partial charge in [0.15, 0.2) is 11.5 Å². The number of carbonyl (C=O) groups excluding carboxylic acids is 1. The number of nitrogens with one attached hydrogen (secondary N) is 4. The van der Waals surface area contributed by atoms with Crippen molar-refractivity contribution in [3.05, 3.63) is 38.5 Å². The van der Waals surface area contributed by atoms with Crippen LogP contribution in [0.5, 0.6) is 17.2 Å². The SMILES string of the molecule is COc1cc(OC)c(OC)cc1/C=N/NC(=O)CCNc1n[nH]c(=O)[nH]c1=O. The van der Waals surface area contributed by atoms with Crippen molar-refractivity contribution in [1.29, 1.82) is 0 Å². The number of H-pyrrole nitrogens is 2. The van der Waals surface area contributed by atoms with Crippen LogP contribution in [0.3, 0.4) is 0 Å². The lowest BCUT2D eigenvalue weighted by Gasteiger charge is -2.11. The van der Waals surface area contributed by atoms with Crippen LogP contribution in [0, 0.1) is 0 Å². The summed E-state index contributed by atoms with van der Waals surface area (Å²) >= 11 is 0. The van der Waals surface area contributed by atoms with E-state index in [2.05, 4.69) is 26.0 Å². The maximum absolute atomic E-state index is 11.8. The molecule has 0 unspecified atom stereocenters. The van der Waals surface area contributed by atoms with Crippen molar-refractivity contribution in [1.82, 2.24) is 20.6 Å². The van der Waals surface area contributed by atoms with Crippen molar-refractivity contribution in [3.8, 4) is 17.2 Å². The Kier molecular flexibility index (Phi) is 7.13. The highest BCUT2D eigenvalue weighted by Gasteiger charge is 2.10. The minimum absolute atomic E-state index is 0.0145. The molecule has 0 fully saturated rings. The Morgan fingerprint density at radius 2 is 1.82 bits per heavy atom. The highest BCUT2D eigenvalue weighted by Crippen LogP contribution is 2.33. The molecule has 1 aromatic heterocycles. The third-order valence-corrected chi connectivity index (χ3v) is 3.48. The third-order valence-electron chi connectivity index (χ3n) is 3.48. The lowest BCUT2D eigenvalue weighted by molar-refractivity contribution is -0.120. The van der Waals surface area contributed by atoms with E-state index in [0.717, 1.165) is 0 Å². The first kappa shape index (κ1) is 20.5. The summed E-state index contributed by atoms with van der Waals surface area (Å²) in [6.45, 7) is 0.114. The molecule has 0 saturated heterocycles. The van der Waals surface area contributed by atoms with Crippen LogP contribution in [0.1, 0.15) is 12.0 Å². The van der Waals surface area contributed by atoms with Crippen LogP contribution in [0.2, 0.25) is 0 Å². The van der Waals surface area contributed by atoms with Gasteiger partial charge >= 0.3 is 5.69 Å². The molecule has 150 valence electrons. The fourth-order valence-corrected chi connectivity index (χ4v) is 2.15. The van der Waals surface area contributed by atoms with E-state index in [1.165, 1.54) is 27.5 Å². The van der Waals surface area contributed by atoms with E-state index >= 15 is 0 Å². The molecule has 0 saturated carbocycles. The van der Waals surface area contributed by atoms with E-state index < -0.39 is 17.2 Å². The van der Waals surface area contributed by atoms with E-state index in [9.17, 15) is 14.4 Å². The number of carbonyl (C=O) groups is 1. The minimum Gasteiger partial charge on any atom is -0.496 e. The van der Waals surface area contributed by atoms with E-state index in [1.807, 2.05) is 4.98 Å². The smallest absolute Gasteiger partial charge is 0.342 e. The Balaban J connectivity index is 1.92. The molecular formula is C16H20N6O6. The Bertz CT molecular complexity index is 967. The molecule has 0 aliphatic carbocycles. The summed E-state index contributed by atoms with van der Waals surface area (Å²) in [7, 11) is 4.51. The fourth-order valence-electron chi connectivity index (χ4n) is 2.15. The van der Waals surface area contributed by atoms with Gasteiger partial charge in [-0.25, -0.2) is 15.3 Å². The topological polar surface area (TPSA) is 160 Å². The molecule has 28 heavy (non-hydrogen) atoms. The van der Waals surface area contributed by atoms with Crippen molar-refractivity contribution in [2.24, 2.45) is 5.10 Å². The van der Waals surface area contributed by atoms with Gasteiger partial charge in [-0.1, -0.05) is 0 Å². The molecule has 0 aliphatic rings. The van der Waals surface area contributed by atoms with Crippen LogP contribution in [-0.4, -0.2) is 55.2 Å². The van der Waals surface area contributed by atoms with Crippen molar-refractivity contribution in [2.45, 2.75) is 6.42 Å². The van der Waals surface area contributed by atoms with Gasteiger partial charge in [0, 0.05) is 24.6 Å². The number of amides is 1. The predicted octanol–water partition coefficient (Wildman–Crippen LogP) is -0.564. The molecule has 0 spiro atoms. The molecule has 12 heteroatoms. The van der Waals surface area contributed by atoms with E-state index in [0.29, 0.717) is 22.8 Å². The number of hydrogen-bond acceptors (Lipinski definition) is 9. The first-order chi connectivity index (χ1) is 13.5. The number of hydrazone groups is 1. The largest absolute Gasteiger partial charge is 0.496 e. The van der Waals surface area contributed by atoms with Gasteiger partial charge in [0.2, 0.25) is 11.7 Å². The van der Waals surface area contributed by atoms with Crippen molar-refractivity contribution in [3.63, 3.8) is 0 Å².